The first-order chi connectivity index (χ1) is 8.89. The van der Waals surface area contributed by atoms with E-state index in [1.165, 1.54) is 11.3 Å². The number of nitrogens with zero attached hydrogens (tertiary/aromatic N) is 1. The lowest BCUT2D eigenvalue weighted by Gasteiger charge is -2.35. The summed E-state index contributed by atoms with van der Waals surface area (Å²) in [6.45, 7) is 1.93. The first-order valence-corrected chi connectivity index (χ1v) is 10.3. The van der Waals surface area contributed by atoms with Gasteiger partial charge in [0.2, 0.25) is 0 Å². The molecule has 3 rings (SSSR count). The second kappa shape index (κ2) is 5.09. The molecule has 0 N–H and O–H groups in total. The molecule has 2 fully saturated rings. The number of thiophene rings is 1. The van der Waals surface area contributed by atoms with Crippen molar-refractivity contribution >= 4 is 53.2 Å². The number of sulfonamides is 1. The molecule has 0 radical (unpaired) electrons. The minimum Gasteiger partial charge on any atom is -0.206 e. The maximum Gasteiger partial charge on any atom is 0.253 e. The van der Waals surface area contributed by atoms with Crippen LogP contribution >= 0.6 is 43.2 Å². The van der Waals surface area contributed by atoms with Crippen molar-refractivity contribution in [3.63, 3.8) is 0 Å². The molecule has 1 aromatic heterocycles. The Balaban J connectivity index is 1.97. The number of piperidine rings is 1. The zero-order valence-electron chi connectivity index (χ0n) is 10.5. The normalized spacial score (nSPS) is 31.8. The SMILES string of the molecule is Cc1cc(S(=O)(=O)N2C3CCC2CC(Br)C3)sc1Br. The Morgan fingerprint density at radius 1 is 1.32 bits per heavy atom. The van der Waals surface area contributed by atoms with Gasteiger partial charge in [0.15, 0.2) is 0 Å². The van der Waals surface area contributed by atoms with Crippen LogP contribution in [-0.4, -0.2) is 29.6 Å². The predicted molar refractivity (Wildman–Crippen MR) is 84.5 cm³/mol. The second-order valence-electron chi connectivity index (χ2n) is 5.31. The number of halogens is 2. The predicted octanol–water partition coefficient (Wildman–Crippen LogP) is 3.90. The van der Waals surface area contributed by atoms with E-state index in [1.54, 1.807) is 10.4 Å². The van der Waals surface area contributed by atoms with Gasteiger partial charge in [-0.1, -0.05) is 15.9 Å². The van der Waals surface area contributed by atoms with Crippen molar-refractivity contribution in [3.05, 3.63) is 15.4 Å². The van der Waals surface area contributed by atoms with E-state index in [0.717, 1.165) is 35.0 Å². The van der Waals surface area contributed by atoms with Gasteiger partial charge in [-0.3, -0.25) is 0 Å². The molecule has 0 aromatic carbocycles. The summed E-state index contributed by atoms with van der Waals surface area (Å²) in [7, 11) is -3.32. The topological polar surface area (TPSA) is 37.4 Å². The monoisotopic (exact) mass is 427 g/mol. The number of aryl methyl sites for hydroxylation is 1. The van der Waals surface area contributed by atoms with Crippen LogP contribution in [0, 0.1) is 6.92 Å². The fourth-order valence-corrected chi connectivity index (χ4v) is 8.21. The molecule has 1 aromatic rings. The van der Waals surface area contributed by atoms with E-state index in [1.807, 2.05) is 6.92 Å². The molecule has 2 bridgehead atoms. The third kappa shape index (κ3) is 2.46. The van der Waals surface area contributed by atoms with Crippen LogP contribution in [0.2, 0.25) is 0 Å². The van der Waals surface area contributed by atoms with Crippen LogP contribution in [0.15, 0.2) is 14.1 Å². The van der Waals surface area contributed by atoms with Gasteiger partial charge in [0.05, 0.1) is 3.79 Å². The number of hydrogen-bond donors (Lipinski definition) is 0. The molecule has 0 spiro atoms. The van der Waals surface area contributed by atoms with Gasteiger partial charge in [-0.25, -0.2) is 8.42 Å². The third-order valence-electron chi connectivity index (χ3n) is 3.97. The maximum absolute atomic E-state index is 12.8. The van der Waals surface area contributed by atoms with E-state index in [4.69, 9.17) is 0 Å². The van der Waals surface area contributed by atoms with Crippen LogP contribution < -0.4 is 0 Å². The summed E-state index contributed by atoms with van der Waals surface area (Å²) in [6.07, 6.45) is 3.86. The molecule has 0 aliphatic carbocycles. The van der Waals surface area contributed by atoms with Crippen molar-refractivity contribution in [1.82, 2.24) is 4.31 Å². The third-order valence-corrected chi connectivity index (χ3v) is 9.31. The highest BCUT2D eigenvalue weighted by Gasteiger charge is 2.47. The highest BCUT2D eigenvalue weighted by atomic mass is 79.9. The Kier molecular flexibility index (Phi) is 3.88. The van der Waals surface area contributed by atoms with Gasteiger partial charge in [-0.05, 0) is 60.2 Å². The smallest absolute Gasteiger partial charge is 0.206 e. The molecule has 2 saturated heterocycles. The number of alkyl halides is 1. The molecule has 2 aliphatic rings. The van der Waals surface area contributed by atoms with Gasteiger partial charge in [0.1, 0.15) is 4.21 Å². The van der Waals surface area contributed by atoms with Gasteiger partial charge < -0.3 is 0 Å². The van der Waals surface area contributed by atoms with Gasteiger partial charge >= 0.3 is 0 Å². The zero-order valence-corrected chi connectivity index (χ0v) is 15.3. The Morgan fingerprint density at radius 2 is 1.89 bits per heavy atom. The molecule has 19 heavy (non-hydrogen) atoms. The van der Waals surface area contributed by atoms with Crippen LogP contribution in [0.3, 0.4) is 0 Å². The van der Waals surface area contributed by atoms with Crippen LogP contribution in [-0.2, 0) is 10.0 Å². The van der Waals surface area contributed by atoms with E-state index < -0.39 is 10.0 Å². The Bertz CT molecular complexity index is 565. The van der Waals surface area contributed by atoms with E-state index >= 15 is 0 Å². The van der Waals surface area contributed by atoms with E-state index in [-0.39, 0.29) is 12.1 Å². The van der Waals surface area contributed by atoms with Crippen molar-refractivity contribution in [1.29, 1.82) is 0 Å². The summed E-state index contributed by atoms with van der Waals surface area (Å²) in [6, 6.07) is 2.13. The van der Waals surface area contributed by atoms with Crippen molar-refractivity contribution in [2.45, 2.75) is 53.7 Å². The zero-order chi connectivity index (χ0) is 13.8. The highest BCUT2D eigenvalue weighted by Crippen LogP contribution is 2.43. The first kappa shape index (κ1) is 14.5. The summed E-state index contributed by atoms with van der Waals surface area (Å²) < 4.78 is 28.8. The molecule has 0 saturated carbocycles. The summed E-state index contributed by atoms with van der Waals surface area (Å²) in [5, 5.41) is 0. The minimum absolute atomic E-state index is 0.175. The van der Waals surface area contributed by atoms with Crippen molar-refractivity contribution in [2.75, 3.05) is 0 Å². The quantitative estimate of drug-likeness (QED) is 0.670. The van der Waals surface area contributed by atoms with Crippen molar-refractivity contribution in [2.24, 2.45) is 0 Å². The molecule has 0 amide bonds. The van der Waals surface area contributed by atoms with Crippen molar-refractivity contribution in [3.8, 4) is 0 Å². The summed E-state index contributed by atoms with van der Waals surface area (Å²) in [4.78, 5) is 0.466. The fraction of sp³-hybridized carbons (Fsp3) is 0.667. The molecule has 2 atom stereocenters. The van der Waals surface area contributed by atoms with Crippen LogP contribution in [0.5, 0.6) is 0 Å². The van der Waals surface area contributed by atoms with Gasteiger partial charge in [-0.15, -0.1) is 11.3 Å². The molecular weight excluding hydrogens is 414 g/mol. The molecule has 7 heteroatoms. The molecule has 2 aliphatic heterocycles. The Labute approximate surface area is 134 Å². The Morgan fingerprint density at radius 3 is 2.37 bits per heavy atom. The molecule has 3 nitrogen and oxygen atoms in total. The first-order valence-electron chi connectivity index (χ1n) is 6.33. The van der Waals surface area contributed by atoms with Gasteiger partial charge in [0, 0.05) is 16.9 Å². The largest absolute Gasteiger partial charge is 0.253 e. The molecular formula is C12H15Br2NO2S2. The lowest BCUT2D eigenvalue weighted by Crippen LogP contribution is -2.46. The summed E-state index contributed by atoms with van der Waals surface area (Å²) >= 11 is 8.39. The minimum atomic E-state index is -3.32. The average Bonchev–Trinajstić information content (AvgIpc) is 2.80. The van der Waals surface area contributed by atoms with Crippen molar-refractivity contribution < 1.29 is 8.42 Å². The van der Waals surface area contributed by atoms with Gasteiger partial charge in [-0.2, -0.15) is 4.31 Å². The molecule has 2 unspecified atom stereocenters. The highest BCUT2D eigenvalue weighted by molar-refractivity contribution is 9.11. The maximum atomic E-state index is 12.8. The van der Waals surface area contributed by atoms with Gasteiger partial charge in [0.25, 0.3) is 10.0 Å². The van der Waals surface area contributed by atoms with Crippen LogP contribution in [0.25, 0.3) is 0 Å². The average molecular weight is 429 g/mol. The fourth-order valence-electron chi connectivity index (χ4n) is 3.12. The van der Waals surface area contributed by atoms with E-state index in [2.05, 4.69) is 31.9 Å². The standard InChI is InChI=1S/C12H15Br2NO2S2/c1-7-4-11(18-12(7)14)19(16,17)15-9-2-3-10(15)6-8(13)5-9/h4,8-10H,2-3,5-6H2,1H3. The molecule has 3 heterocycles. The second-order valence-corrected chi connectivity index (χ2v) is 11.0. The van der Waals surface area contributed by atoms with Crippen LogP contribution in [0.1, 0.15) is 31.2 Å². The number of fused-ring (bicyclic) bond motifs is 2. The molecule has 106 valence electrons. The lowest BCUT2D eigenvalue weighted by molar-refractivity contribution is 0.255. The Hall–Kier alpha value is 0.570. The number of hydrogen-bond acceptors (Lipinski definition) is 3. The summed E-state index contributed by atoms with van der Waals surface area (Å²) in [5.74, 6) is 0. The summed E-state index contributed by atoms with van der Waals surface area (Å²) in [5.41, 5.74) is 0.992. The lowest BCUT2D eigenvalue weighted by atomic mass is 10.1. The van der Waals surface area contributed by atoms with E-state index in [9.17, 15) is 8.42 Å². The van der Waals surface area contributed by atoms with E-state index in [0.29, 0.717) is 9.04 Å². The van der Waals surface area contributed by atoms with Crippen LogP contribution in [0.4, 0.5) is 0 Å². The number of rotatable bonds is 2.